The van der Waals surface area contributed by atoms with Gasteiger partial charge in [0.25, 0.3) is 0 Å². The van der Waals surface area contributed by atoms with Crippen LogP contribution >= 0.6 is 11.3 Å². The quantitative estimate of drug-likeness (QED) is 0.890. The summed E-state index contributed by atoms with van der Waals surface area (Å²) < 4.78 is 13.4. The second-order valence-electron chi connectivity index (χ2n) is 4.44. The SMILES string of the molecule is CC(=O)C1=CNc2ccc(F)cc2NC1c1nccs1. The fraction of sp³-hybridized carbons (Fsp3) is 0.143. The maximum absolute atomic E-state index is 13.4. The van der Waals surface area contributed by atoms with Crippen molar-refractivity contribution >= 4 is 28.5 Å². The van der Waals surface area contributed by atoms with Crippen LogP contribution in [-0.4, -0.2) is 10.8 Å². The van der Waals surface area contributed by atoms with E-state index in [1.165, 1.54) is 30.4 Å². The van der Waals surface area contributed by atoms with Crippen LogP contribution in [0.5, 0.6) is 0 Å². The topological polar surface area (TPSA) is 54.0 Å². The molecule has 2 aromatic rings. The molecule has 1 aliphatic rings. The summed E-state index contributed by atoms with van der Waals surface area (Å²) in [6.45, 7) is 1.51. The van der Waals surface area contributed by atoms with Crippen LogP contribution < -0.4 is 10.6 Å². The number of anilines is 2. The molecule has 2 N–H and O–H groups in total. The number of benzene rings is 1. The van der Waals surface area contributed by atoms with E-state index in [1.807, 2.05) is 5.38 Å². The fourth-order valence-electron chi connectivity index (χ4n) is 2.11. The number of carbonyl (C=O) groups excluding carboxylic acids is 1. The van der Waals surface area contributed by atoms with E-state index in [0.29, 0.717) is 11.3 Å². The number of hydrogen-bond acceptors (Lipinski definition) is 5. The number of nitrogens with zero attached hydrogens (tertiary/aromatic N) is 1. The van der Waals surface area contributed by atoms with Gasteiger partial charge in [0.1, 0.15) is 16.9 Å². The van der Waals surface area contributed by atoms with Crippen molar-refractivity contribution in [1.29, 1.82) is 0 Å². The average molecular weight is 289 g/mol. The molecule has 1 unspecified atom stereocenters. The molecule has 0 bridgehead atoms. The maximum Gasteiger partial charge on any atom is 0.159 e. The summed E-state index contributed by atoms with van der Waals surface area (Å²) in [5.74, 6) is -0.388. The van der Waals surface area contributed by atoms with Crippen LogP contribution in [0.15, 0.2) is 41.5 Å². The second kappa shape index (κ2) is 5.05. The summed E-state index contributed by atoms with van der Waals surface area (Å²) in [5, 5.41) is 8.85. The zero-order chi connectivity index (χ0) is 14.1. The molecule has 1 aromatic carbocycles. The zero-order valence-electron chi connectivity index (χ0n) is 10.7. The van der Waals surface area contributed by atoms with Gasteiger partial charge in [-0.2, -0.15) is 0 Å². The Labute approximate surface area is 119 Å². The first-order valence-corrected chi connectivity index (χ1v) is 6.96. The molecule has 1 aliphatic heterocycles. The molecule has 6 heteroatoms. The maximum atomic E-state index is 13.4. The van der Waals surface area contributed by atoms with Gasteiger partial charge in [-0.1, -0.05) is 0 Å². The highest BCUT2D eigenvalue weighted by Gasteiger charge is 2.25. The predicted octanol–water partition coefficient (Wildman–Crippen LogP) is 3.33. The first kappa shape index (κ1) is 12.8. The third kappa shape index (κ3) is 2.30. The molecule has 0 spiro atoms. The Morgan fingerprint density at radius 1 is 1.40 bits per heavy atom. The Bertz CT molecular complexity index is 682. The van der Waals surface area contributed by atoms with Gasteiger partial charge >= 0.3 is 0 Å². The molecule has 0 radical (unpaired) electrons. The van der Waals surface area contributed by atoms with Crippen molar-refractivity contribution in [3.63, 3.8) is 0 Å². The molecular formula is C14H12FN3OS. The van der Waals surface area contributed by atoms with Crippen LogP contribution in [0.4, 0.5) is 15.8 Å². The first-order chi connectivity index (χ1) is 9.65. The number of aromatic nitrogens is 1. The molecule has 0 fully saturated rings. The summed E-state index contributed by atoms with van der Waals surface area (Å²) in [4.78, 5) is 16.1. The predicted molar refractivity (Wildman–Crippen MR) is 77.3 cm³/mol. The normalized spacial score (nSPS) is 17.3. The molecule has 0 saturated heterocycles. The Morgan fingerprint density at radius 3 is 2.95 bits per heavy atom. The van der Waals surface area contributed by atoms with Gasteiger partial charge in [0.15, 0.2) is 5.78 Å². The van der Waals surface area contributed by atoms with Gasteiger partial charge in [-0.25, -0.2) is 9.37 Å². The monoisotopic (exact) mass is 289 g/mol. The van der Waals surface area contributed by atoms with Gasteiger partial charge in [0.05, 0.1) is 11.4 Å². The van der Waals surface area contributed by atoms with Gasteiger partial charge in [-0.15, -0.1) is 11.3 Å². The van der Waals surface area contributed by atoms with Crippen molar-refractivity contribution in [2.45, 2.75) is 13.0 Å². The van der Waals surface area contributed by atoms with Gasteiger partial charge in [-0.05, 0) is 25.1 Å². The van der Waals surface area contributed by atoms with Crippen molar-refractivity contribution in [3.8, 4) is 0 Å². The van der Waals surface area contributed by atoms with Gasteiger partial charge in [0.2, 0.25) is 0 Å². The smallest absolute Gasteiger partial charge is 0.159 e. The molecule has 0 amide bonds. The minimum absolute atomic E-state index is 0.0570. The zero-order valence-corrected chi connectivity index (χ0v) is 11.5. The van der Waals surface area contributed by atoms with E-state index >= 15 is 0 Å². The molecule has 102 valence electrons. The van der Waals surface area contributed by atoms with E-state index < -0.39 is 0 Å². The van der Waals surface area contributed by atoms with Crippen LogP contribution in [0.25, 0.3) is 0 Å². The number of halogens is 1. The van der Waals surface area contributed by atoms with Crippen LogP contribution in [0.1, 0.15) is 18.0 Å². The van der Waals surface area contributed by atoms with Crippen LogP contribution in [-0.2, 0) is 4.79 Å². The van der Waals surface area contributed by atoms with Crippen LogP contribution in [0.2, 0.25) is 0 Å². The lowest BCUT2D eigenvalue weighted by Crippen LogP contribution is -2.16. The summed E-state index contributed by atoms with van der Waals surface area (Å²) in [5.41, 5.74) is 1.90. The lowest BCUT2D eigenvalue weighted by molar-refractivity contribution is -0.113. The average Bonchev–Trinajstić information content (AvgIpc) is 2.86. The lowest BCUT2D eigenvalue weighted by atomic mass is 10.1. The molecule has 0 saturated carbocycles. The second-order valence-corrected chi connectivity index (χ2v) is 5.36. The highest BCUT2D eigenvalue weighted by Crippen LogP contribution is 2.35. The summed E-state index contributed by atoms with van der Waals surface area (Å²) in [6, 6.07) is 4.04. The third-order valence-electron chi connectivity index (χ3n) is 3.08. The number of Topliss-reactive ketones (excluding diaryl/α,β-unsaturated/α-hetero) is 1. The van der Waals surface area contributed by atoms with Gasteiger partial charge in [0, 0.05) is 23.3 Å². The number of nitrogens with one attached hydrogen (secondary N) is 2. The van der Waals surface area contributed by atoms with Crippen molar-refractivity contribution in [2.24, 2.45) is 0 Å². The Hall–Kier alpha value is -2.21. The number of fused-ring (bicyclic) bond motifs is 1. The highest BCUT2D eigenvalue weighted by atomic mass is 32.1. The molecular weight excluding hydrogens is 277 g/mol. The van der Waals surface area contributed by atoms with Gasteiger partial charge < -0.3 is 10.6 Å². The third-order valence-corrected chi connectivity index (χ3v) is 3.92. The summed E-state index contributed by atoms with van der Waals surface area (Å²) in [6.07, 6.45) is 3.34. The van der Waals surface area contributed by atoms with Gasteiger partial charge in [-0.3, -0.25) is 4.79 Å². The standard InChI is InChI=1S/C14H12FN3OS/c1-8(19)10-7-17-11-3-2-9(15)6-12(11)18-13(10)14-16-4-5-20-14/h2-7,13,17-18H,1H3. The van der Waals surface area contributed by atoms with E-state index in [0.717, 1.165) is 10.7 Å². The molecule has 3 rings (SSSR count). The molecule has 4 nitrogen and oxygen atoms in total. The Balaban J connectivity index is 2.07. The van der Waals surface area contributed by atoms with Crippen molar-refractivity contribution < 1.29 is 9.18 Å². The lowest BCUT2D eigenvalue weighted by Gasteiger charge is -2.17. The molecule has 0 aliphatic carbocycles. The first-order valence-electron chi connectivity index (χ1n) is 6.08. The van der Waals surface area contributed by atoms with E-state index in [9.17, 15) is 9.18 Å². The molecule has 1 atom stereocenters. The van der Waals surface area contributed by atoms with Crippen molar-refractivity contribution in [2.75, 3.05) is 10.6 Å². The van der Waals surface area contributed by atoms with E-state index in [2.05, 4.69) is 15.6 Å². The molecule has 2 heterocycles. The molecule has 1 aromatic heterocycles. The van der Waals surface area contributed by atoms with E-state index in [-0.39, 0.29) is 17.6 Å². The van der Waals surface area contributed by atoms with Crippen LogP contribution in [0.3, 0.4) is 0 Å². The number of rotatable bonds is 2. The number of ketones is 1. The summed E-state index contributed by atoms with van der Waals surface area (Å²) in [7, 11) is 0. The largest absolute Gasteiger partial charge is 0.370 e. The summed E-state index contributed by atoms with van der Waals surface area (Å²) >= 11 is 1.45. The van der Waals surface area contributed by atoms with E-state index in [4.69, 9.17) is 0 Å². The van der Waals surface area contributed by atoms with E-state index in [1.54, 1.807) is 18.5 Å². The number of hydrogen-bond donors (Lipinski definition) is 2. The fourth-order valence-corrected chi connectivity index (χ4v) is 2.82. The van der Waals surface area contributed by atoms with Crippen molar-refractivity contribution in [3.05, 3.63) is 52.4 Å². The Kier molecular flexibility index (Phi) is 3.23. The Morgan fingerprint density at radius 2 is 2.25 bits per heavy atom. The number of carbonyl (C=O) groups is 1. The minimum atomic E-state index is -0.372. The van der Waals surface area contributed by atoms with Crippen LogP contribution in [0, 0.1) is 5.82 Å². The number of thiazole rings is 1. The molecule has 20 heavy (non-hydrogen) atoms. The van der Waals surface area contributed by atoms with Crippen molar-refractivity contribution in [1.82, 2.24) is 4.98 Å². The minimum Gasteiger partial charge on any atom is -0.370 e. The highest BCUT2D eigenvalue weighted by molar-refractivity contribution is 7.09.